The Balaban J connectivity index is 2.31. The smallest absolute Gasteiger partial charge is 0.410 e. The average molecular weight is 437 g/mol. The standard InChI is InChI=1S/C23H36N2O6/c1-8-29-20(26)17-14(3)24-15(4)18(21(27)30-9-2)19(17)16-10-12-25(13-11-16)22(28)31-23(5,6)7/h16,19,24H,8-13H2,1-7H3. The molecule has 0 atom stereocenters. The fourth-order valence-corrected chi connectivity index (χ4v) is 4.22. The van der Waals surface area contributed by atoms with Crippen LogP contribution in [0.15, 0.2) is 22.5 Å². The van der Waals surface area contributed by atoms with Gasteiger partial charge < -0.3 is 24.4 Å². The quantitative estimate of drug-likeness (QED) is 0.520. The maximum absolute atomic E-state index is 12.8. The predicted molar refractivity (Wildman–Crippen MR) is 116 cm³/mol. The van der Waals surface area contributed by atoms with Gasteiger partial charge in [0.2, 0.25) is 0 Å². The Morgan fingerprint density at radius 1 is 0.935 bits per heavy atom. The van der Waals surface area contributed by atoms with Crippen molar-refractivity contribution in [1.82, 2.24) is 10.2 Å². The van der Waals surface area contributed by atoms with Crippen molar-refractivity contribution < 1.29 is 28.6 Å². The van der Waals surface area contributed by atoms with E-state index in [1.165, 1.54) is 0 Å². The first-order valence-corrected chi connectivity index (χ1v) is 11.0. The van der Waals surface area contributed by atoms with Crippen molar-refractivity contribution in [2.45, 2.75) is 66.9 Å². The molecule has 0 spiro atoms. The molecule has 0 unspecified atom stereocenters. The molecule has 8 nitrogen and oxygen atoms in total. The number of amides is 1. The van der Waals surface area contributed by atoms with Crippen LogP contribution in [-0.4, -0.2) is 54.8 Å². The maximum atomic E-state index is 12.8. The molecule has 1 amide bonds. The van der Waals surface area contributed by atoms with E-state index in [1.54, 1.807) is 18.7 Å². The van der Waals surface area contributed by atoms with E-state index in [0.29, 0.717) is 48.5 Å². The first-order chi connectivity index (χ1) is 14.5. The summed E-state index contributed by atoms with van der Waals surface area (Å²) >= 11 is 0. The minimum Gasteiger partial charge on any atom is -0.463 e. The minimum absolute atomic E-state index is 0.00972. The number of nitrogens with zero attached hydrogens (tertiary/aromatic N) is 1. The summed E-state index contributed by atoms with van der Waals surface area (Å²) in [6.07, 6.45) is 0.929. The Morgan fingerprint density at radius 3 is 1.77 bits per heavy atom. The van der Waals surface area contributed by atoms with E-state index in [1.807, 2.05) is 34.6 Å². The van der Waals surface area contributed by atoms with E-state index in [4.69, 9.17) is 14.2 Å². The minimum atomic E-state index is -0.559. The number of carbonyl (C=O) groups excluding carboxylic acids is 3. The lowest BCUT2D eigenvalue weighted by Gasteiger charge is -2.40. The summed E-state index contributed by atoms with van der Waals surface area (Å²) in [7, 11) is 0. The van der Waals surface area contributed by atoms with E-state index < -0.39 is 23.5 Å². The van der Waals surface area contributed by atoms with E-state index in [0.717, 1.165) is 0 Å². The van der Waals surface area contributed by atoms with Crippen molar-refractivity contribution >= 4 is 18.0 Å². The number of nitrogens with one attached hydrogen (secondary N) is 1. The molecule has 0 aromatic carbocycles. The summed E-state index contributed by atoms with van der Waals surface area (Å²) in [5, 5.41) is 3.15. The molecule has 0 aromatic heterocycles. The Bertz CT molecular complexity index is 729. The van der Waals surface area contributed by atoms with Gasteiger partial charge in [-0.1, -0.05) is 0 Å². The number of carbonyl (C=O) groups is 3. The van der Waals surface area contributed by atoms with Crippen LogP contribution in [-0.2, 0) is 23.8 Å². The molecule has 1 fully saturated rings. The number of ether oxygens (including phenoxy) is 3. The number of hydrogen-bond acceptors (Lipinski definition) is 7. The topological polar surface area (TPSA) is 94.2 Å². The summed E-state index contributed by atoms with van der Waals surface area (Å²) in [6.45, 7) is 14.1. The Morgan fingerprint density at radius 2 is 1.39 bits per heavy atom. The molecule has 2 aliphatic heterocycles. The van der Waals surface area contributed by atoms with Crippen molar-refractivity contribution in [3.8, 4) is 0 Å². The second-order valence-corrected chi connectivity index (χ2v) is 8.93. The average Bonchev–Trinajstić information content (AvgIpc) is 2.66. The third kappa shape index (κ3) is 6.02. The van der Waals surface area contributed by atoms with E-state index in [2.05, 4.69) is 5.32 Å². The molecule has 1 saturated heterocycles. The third-order valence-corrected chi connectivity index (χ3v) is 5.46. The number of piperidine rings is 1. The molecular formula is C23H36N2O6. The monoisotopic (exact) mass is 436 g/mol. The van der Waals surface area contributed by atoms with Crippen molar-refractivity contribution in [1.29, 1.82) is 0 Å². The summed E-state index contributed by atoms with van der Waals surface area (Å²) in [6, 6.07) is 0. The van der Waals surface area contributed by atoms with Gasteiger partial charge in [0, 0.05) is 30.4 Å². The first kappa shape index (κ1) is 24.8. The van der Waals surface area contributed by atoms with E-state index >= 15 is 0 Å². The van der Waals surface area contributed by atoms with Crippen LogP contribution in [0, 0.1) is 11.8 Å². The van der Waals surface area contributed by atoms with Crippen LogP contribution >= 0.6 is 0 Å². The highest BCUT2D eigenvalue weighted by Crippen LogP contribution is 2.41. The van der Waals surface area contributed by atoms with Crippen molar-refractivity contribution in [2.24, 2.45) is 11.8 Å². The van der Waals surface area contributed by atoms with Crippen LogP contribution in [0.25, 0.3) is 0 Å². The van der Waals surface area contributed by atoms with Crippen LogP contribution in [0.3, 0.4) is 0 Å². The molecular weight excluding hydrogens is 400 g/mol. The molecule has 31 heavy (non-hydrogen) atoms. The van der Waals surface area contributed by atoms with Gasteiger partial charge in [-0.05, 0) is 67.2 Å². The Hall–Kier alpha value is -2.51. The lowest BCUT2D eigenvalue weighted by atomic mass is 9.73. The van der Waals surface area contributed by atoms with Crippen LogP contribution in [0.2, 0.25) is 0 Å². The molecule has 0 saturated carbocycles. The molecule has 174 valence electrons. The number of likely N-dealkylation sites (tertiary alicyclic amines) is 1. The first-order valence-electron chi connectivity index (χ1n) is 11.0. The molecule has 2 aliphatic rings. The zero-order valence-corrected chi connectivity index (χ0v) is 19.8. The third-order valence-electron chi connectivity index (χ3n) is 5.46. The van der Waals surface area contributed by atoms with Crippen molar-refractivity contribution in [3.05, 3.63) is 22.5 Å². The van der Waals surface area contributed by atoms with Gasteiger partial charge in [0.15, 0.2) is 0 Å². The number of dihydropyridines is 1. The van der Waals surface area contributed by atoms with Gasteiger partial charge in [-0.3, -0.25) is 0 Å². The normalized spacial score (nSPS) is 18.6. The highest BCUT2D eigenvalue weighted by atomic mass is 16.6. The number of esters is 2. The molecule has 0 aliphatic carbocycles. The number of rotatable bonds is 5. The summed E-state index contributed by atoms with van der Waals surface area (Å²) in [5.41, 5.74) is 1.74. The summed E-state index contributed by atoms with van der Waals surface area (Å²) < 4.78 is 16.1. The van der Waals surface area contributed by atoms with Crippen LogP contribution in [0.5, 0.6) is 0 Å². The lowest BCUT2D eigenvalue weighted by molar-refractivity contribution is -0.140. The number of hydrogen-bond donors (Lipinski definition) is 1. The van der Waals surface area contributed by atoms with Gasteiger partial charge in [-0.2, -0.15) is 0 Å². The highest BCUT2D eigenvalue weighted by molar-refractivity contribution is 5.98. The van der Waals surface area contributed by atoms with Gasteiger partial charge in [0.25, 0.3) is 0 Å². The van der Waals surface area contributed by atoms with Gasteiger partial charge in [-0.25, -0.2) is 14.4 Å². The van der Waals surface area contributed by atoms with Gasteiger partial charge in [-0.15, -0.1) is 0 Å². The second kappa shape index (κ2) is 10.2. The Kier molecular flexibility index (Phi) is 8.14. The summed E-state index contributed by atoms with van der Waals surface area (Å²) in [5.74, 6) is -1.31. The molecule has 1 N–H and O–H groups in total. The van der Waals surface area contributed by atoms with Gasteiger partial charge >= 0.3 is 18.0 Å². The van der Waals surface area contributed by atoms with E-state index in [-0.39, 0.29) is 25.2 Å². The zero-order chi connectivity index (χ0) is 23.3. The molecule has 8 heteroatoms. The van der Waals surface area contributed by atoms with Crippen molar-refractivity contribution in [2.75, 3.05) is 26.3 Å². The Labute approximate surface area is 185 Å². The maximum Gasteiger partial charge on any atom is 0.410 e. The fraction of sp³-hybridized carbons (Fsp3) is 0.696. The zero-order valence-electron chi connectivity index (χ0n) is 19.8. The predicted octanol–water partition coefficient (Wildman–Crippen LogP) is 3.53. The number of allylic oxidation sites excluding steroid dienone is 2. The largest absolute Gasteiger partial charge is 0.463 e. The molecule has 2 rings (SSSR count). The molecule has 0 aromatic rings. The van der Waals surface area contributed by atoms with E-state index in [9.17, 15) is 14.4 Å². The second-order valence-electron chi connectivity index (χ2n) is 8.93. The van der Waals surface area contributed by atoms with Crippen molar-refractivity contribution in [3.63, 3.8) is 0 Å². The summed E-state index contributed by atoms with van der Waals surface area (Å²) in [4.78, 5) is 39.8. The SMILES string of the molecule is CCOC(=O)C1=C(C)NC(C)=C(C(=O)OCC)C1C1CCN(C(=O)OC(C)(C)C)CC1. The lowest BCUT2D eigenvalue weighted by Crippen LogP contribution is -2.45. The molecule has 0 bridgehead atoms. The molecule has 0 radical (unpaired) electrons. The van der Waals surface area contributed by atoms with Crippen LogP contribution in [0.4, 0.5) is 4.79 Å². The van der Waals surface area contributed by atoms with Gasteiger partial charge in [0.05, 0.1) is 24.4 Å². The highest BCUT2D eigenvalue weighted by Gasteiger charge is 2.43. The van der Waals surface area contributed by atoms with Gasteiger partial charge in [0.1, 0.15) is 5.60 Å². The van der Waals surface area contributed by atoms with Crippen LogP contribution in [0.1, 0.15) is 61.3 Å². The molecule has 2 heterocycles. The fourth-order valence-electron chi connectivity index (χ4n) is 4.22. The van der Waals surface area contributed by atoms with Crippen LogP contribution < -0.4 is 5.32 Å².